The number of ether oxygens (including phenoxy) is 1. The monoisotopic (exact) mass is 248 g/mol. The van der Waals surface area contributed by atoms with Gasteiger partial charge >= 0.3 is 0 Å². The highest BCUT2D eigenvalue weighted by atomic mass is 16.5. The van der Waals surface area contributed by atoms with Gasteiger partial charge < -0.3 is 14.5 Å². The Morgan fingerprint density at radius 1 is 1.28 bits per heavy atom. The minimum Gasteiger partial charge on any atom is -0.495 e. The molecular weight excluding hydrogens is 228 g/mol. The van der Waals surface area contributed by atoms with Crippen LogP contribution in [0.2, 0.25) is 0 Å². The number of carbonyl (C=O) groups excluding carboxylic acids is 1. The molecule has 1 aromatic carbocycles. The van der Waals surface area contributed by atoms with E-state index in [9.17, 15) is 4.79 Å². The van der Waals surface area contributed by atoms with Crippen LogP contribution in [0.3, 0.4) is 0 Å². The van der Waals surface area contributed by atoms with Crippen molar-refractivity contribution >= 4 is 11.6 Å². The summed E-state index contributed by atoms with van der Waals surface area (Å²) in [4.78, 5) is 15.8. The first kappa shape index (κ1) is 12.7. The Labute approximate surface area is 108 Å². The molecule has 0 spiro atoms. The van der Waals surface area contributed by atoms with Gasteiger partial charge in [-0.15, -0.1) is 0 Å². The fraction of sp³-hybridized carbons (Fsp3) is 0.500. The van der Waals surface area contributed by atoms with Crippen LogP contribution in [0.25, 0.3) is 0 Å². The summed E-state index contributed by atoms with van der Waals surface area (Å²) >= 11 is 0. The number of benzene rings is 1. The van der Waals surface area contributed by atoms with Gasteiger partial charge in [0.15, 0.2) is 0 Å². The molecule has 18 heavy (non-hydrogen) atoms. The van der Waals surface area contributed by atoms with Crippen molar-refractivity contribution in [3.63, 3.8) is 0 Å². The van der Waals surface area contributed by atoms with E-state index < -0.39 is 0 Å². The number of methoxy groups -OCH3 is 1. The number of carbonyl (C=O) groups is 1. The van der Waals surface area contributed by atoms with Gasteiger partial charge in [0.25, 0.3) is 0 Å². The van der Waals surface area contributed by atoms with Gasteiger partial charge in [-0.3, -0.25) is 4.79 Å². The average Bonchev–Trinajstić information content (AvgIpc) is 2.52. The Morgan fingerprint density at radius 3 is 2.78 bits per heavy atom. The molecule has 98 valence electrons. The van der Waals surface area contributed by atoms with Crippen molar-refractivity contribution in [1.29, 1.82) is 0 Å². The van der Waals surface area contributed by atoms with Crippen molar-refractivity contribution in [2.24, 2.45) is 0 Å². The smallest absolute Gasteiger partial charge is 0.241 e. The van der Waals surface area contributed by atoms with Gasteiger partial charge in [-0.2, -0.15) is 0 Å². The molecule has 1 heterocycles. The van der Waals surface area contributed by atoms with Crippen molar-refractivity contribution in [2.75, 3.05) is 38.7 Å². The molecule has 1 fully saturated rings. The van der Waals surface area contributed by atoms with Crippen LogP contribution >= 0.6 is 0 Å². The Hall–Kier alpha value is -1.71. The van der Waals surface area contributed by atoms with E-state index in [0.717, 1.165) is 30.9 Å². The van der Waals surface area contributed by atoms with Crippen molar-refractivity contribution in [2.45, 2.75) is 13.3 Å². The summed E-state index contributed by atoms with van der Waals surface area (Å²) in [5, 5.41) is 0. The zero-order valence-electron chi connectivity index (χ0n) is 11.3. The fourth-order valence-corrected chi connectivity index (χ4v) is 2.24. The number of hydrogen-bond acceptors (Lipinski definition) is 3. The summed E-state index contributed by atoms with van der Waals surface area (Å²) in [6, 6.07) is 6.06. The lowest BCUT2D eigenvalue weighted by Gasteiger charge is -2.24. The lowest BCUT2D eigenvalue weighted by Crippen LogP contribution is -2.34. The summed E-state index contributed by atoms with van der Waals surface area (Å²) in [5.74, 6) is 0.994. The van der Waals surface area contributed by atoms with Crippen LogP contribution in [0.15, 0.2) is 18.2 Å². The van der Waals surface area contributed by atoms with E-state index in [1.807, 2.05) is 19.2 Å². The summed E-state index contributed by atoms with van der Waals surface area (Å²) in [6.45, 7) is 4.18. The average molecular weight is 248 g/mol. The lowest BCUT2D eigenvalue weighted by molar-refractivity contribution is -0.127. The minimum atomic E-state index is 0.163. The number of rotatable bonds is 2. The van der Waals surface area contributed by atoms with Gasteiger partial charge in [0, 0.05) is 20.1 Å². The molecule has 0 aliphatic carbocycles. The van der Waals surface area contributed by atoms with Crippen LogP contribution in [-0.2, 0) is 4.79 Å². The van der Waals surface area contributed by atoms with Gasteiger partial charge in [0.2, 0.25) is 5.91 Å². The van der Waals surface area contributed by atoms with Crippen molar-refractivity contribution in [3.05, 3.63) is 23.8 Å². The molecule has 0 aromatic heterocycles. The third-order valence-corrected chi connectivity index (χ3v) is 3.35. The number of aryl methyl sites for hydroxylation is 1. The van der Waals surface area contributed by atoms with E-state index in [1.165, 1.54) is 5.56 Å². The summed E-state index contributed by atoms with van der Waals surface area (Å²) in [6.07, 6.45) is 0.985. The van der Waals surface area contributed by atoms with Crippen LogP contribution in [0, 0.1) is 6.92 Å². The Balaban J connectivity index is 2.29. The maximum Gasteiger partial charge on any atom is 0.241 e. The number of hydrogen-bond donors (Lipinski definition) is 0. The molecule has 0 atom stereocenters. The van der Waals surface area contributed by atoms with E-state index in [-0.39, 0.29) is 5.91 Å². The fourth-order valence-electron chi connectivity index (χ4n) is 2.24. The number of anilines is 1. The molecule has 0 bridgehead atoms. The second-order valence-corrected chi connectivity index (χ2v) is 4.77. The van der Waals surface area contributed by atoms with Crippen LogP contribution in [0.5, 0.6) is 5.75 Å². The first-order valence-corrected chi connectivity index (χ1v) is 6.25. The molecule has 1 saturated heterocycles. The minimum absolute atomic E-state index is 0.163. The first-order chi connectivity index (χ1) is 8.61. The molecule has 0 N–H and O–H groups in total. The SMILES string of the molecule is COc1ccc(C)cc1N1CCCN(C)C(=O)C1. The van der Waals surface area contributed by atoms with Crippen LogP contribution in [0.1, 0.15) is 12.0 Å². The number of amides is 1. The second kappa shape index (κ2) is 5.29. The molecule has 1 amide bonds. The van der Waals surface area contributed by atoms with Gasteiger partial charge in [0.05, 0.1) is 19.3 Å². The highest BCUT2D eigenvalue weighted by Crippen LogP contribution is 2.30. The summed E-state index contributed by atoms with van der Waals surface area (Å²) in [5.41, 5.74) is 2.19. The zero-order valence-corrected chi connectivity index (χ0v) is 11.3. The topological polar surface area (TPSA) is 32.8 Å². The maximum atomic E-state index is 11.9. The van der Waals surface area contributed by atoms with E-state index >= 15 is 0 Å². The largest absolute Gasteiger partial charge is 0.495 e. The third kappa shape index (κ3) is 2.58. The van der Waals surface area contributed by atoms with Gasteiger partial charge in [0.1, 0.15) is 5.75 Å². The van der Waals surface area contributed by atoms with Gasteiger partial charge in [-0.1, -0.05) is 6.07 Å². The summed E-state index contributed by atoms with van der Waals surface area (Å²) in [7, 11) is 3.53. The van der Waals surface area contributed by atoms with E-state index in [4.69, 9.17) is 4.74 Å². The highest BCUT2D eigenvalue weighted by molar-refractivity contribution is 5.82. The molecule has 1 aliphatic heterocycles. The molecule has 0 saturated carbocycles. The molecule has 4 nitrogen and oxygen atoms in total. The zero-order chi connectivity index (χ0) is 13.1. The van der Waals surface area contributed by atoms with Crippen molar-refractivity contribution in [3.8, 4) is 5.75 Å². The Morgan fingerprint density at radius 2 is 2.06 bits per heavy atom. The van der Waals surface area contributed by atoms with Crippen molar-refractivity contribution < 1.29 is 9.53 Å². The molecule has 1 aliphatic rings. The van der Waals surface area contributed by atoms with Crippen molar-refractivity contribution in [1.82, 2.24) is 4.90 Å². The molecular formula is C14H20N2O2. The highest BCUT2D eigenvalue weighted by Gasteiger charge is 2.21. The third-order valence-electron chi connectivity index (χ3n) is 3.35. The standard InChI is InChI=1S/C14H20N2O2/c1-11-5-6-13(18-3)12(9-11)16-8-4-7-15(2)14(17)10-16/h5-6,9H,4,7-8,10H2,1-3H3. The van der Waals surface area contributed by atoms with E-state index in [1.54, 1.807) is 12.0 Å². The predicted octanol–water partition coefficient (Wildman–Crippen LogP) is 1.67. The van der Waals surface area contributed by atoms with Crippen LogP contribution in [-0.4, -0.2) is 44.6 Å². The van der Waals surface area contributed by atoms with E-state index in [2.05, 4.69) is 17.9 Å². The quantitative estimate of drug-likeness (QED) is 0.798. The first-order valence-electron chi connectivity index (χ1n) is 6.25. The number of likely N-dealkylation sites (N-methyl/N-ethyl adjacent to an activating group) is 1. The maximum absolute atomic E-state index is 11.9. The molecule has 0 radical (unpaired) electrons. The molecule has 0 unspecified atom stereocenters. The van der Waals surface area contributed by atoms with Gasteiger partial charge in [-0.05, 0) is 31.0 Å². The lowest BCUT2D eigenvalue weighted by atomic mass is 10.2. The van der Waals surface area contributed by atoms with Crippen LogP contribution in [0.4, 0.5) is 5.69 Å². The predicted molar refractivity (Wildman–Crippen MR) is 72.2 cm³/mol. The Kier molecular flexibility index (Phi) is 3.75. The van der Waals surface area contributed by atoms with Gasteiger partial charge in [-0.25, -0.2) is 0 Å². The Bertz CT molecular complexity index is 445. The van der Waals surface area contributed by atoms with E-state index in [0.29, 0.717) is 6.54 Å². The summed E-state index contributed by atoms with van der Waals surface area (Å²) < 4.78 is 5.39. The molecule has 2 rings (SSSR count). The second-order valence-electron chi connectivity index (χ2n) is 4.77. The molecule has 4 heteroatoms. The normalized spacial score (nSPS) is 16.7. The molecule has 1 aromatic rings. The van der Waals surface area contributed by atoms with Crippen LogP contribution < -0.4 is 9.64 Å². The number of nitrogens with zero attached hydrogens (tertiary/aromatic N) is 2.